The largest absolute Gasteiger partial charge is 0.487 e. The van der Waals surface area contributed by atoms with Crippen molar-refractivity contribution in [3.05, 3.63) is 33.9 Å². The Labute approximate surface area is 111 Å². The van der Waals surface area contributed by atoms with Gasteiger partial charge in [0.05, 0.1) is 23.7 Å². The highest BCUT2D eigenvalue weighted by Gasteiger charge is 2.19. The zero-order chi connectivity index (χ0) is 14.3. The molecule has 0 atom stereocenters. The number of benzene rings is 1. The van der Waals surface area contributed by atoms with Crippen molar-refractivity contribution in [1.29, 1.82) is 0 Å². The van der Waals surface area contributed by atoms with Gasteiger partial charge in [-0.3, -0.25) is 10.1 Å². The van der Waals surface area contributed by atoms with Crippen LogP contribution in [0.3, 0.4) is 0 Å². The zero-order valence-electron chi connectivity index (χ0n) is 11.0. The molecule has 0 aromatic heterocycles. The third kappa shape index (κ3) is 4.24. The van der Waals surface area contributed by atoms with E-state index >= 15 is 0 Å². The fourth-order valence-corrected chi connectivity index (χ4v) is 1.45. The van der Waals surface area contributed by atoms with Gasteiger partial charge in [-0.25, -0.2) is 4.79 Å². The van der Waals surface area contributed by atoms with Gasteiger partial charge in [-0.1, -0.05) is 13.3 Å². The maximum absolute atomic E-state index is 11.5. The van der Waals surface area contributed by atoms with Crippen molar-refractivity contribution < 1.29 is 19.2 Å². The minimum atomic E-state index is -0.578. The summed E-state index contributed by atoms with van der Waals surface area (Å²) in [5.41, 5.74) is -0.0713. The van der Waals surface area contributed by atoms with E-state index in [2.05, 4.69) is 0 Å². The topological polar surface area (TPSA) is 78.7 Å². The van der Waals surface area contributed by atoms with Crippen molar-refractivity contribution in [2.24, 2.45) is 0 Å². The van der Waals surface area contributed by atoms with E-state index in [4.69, 9.17) is 9.47 Å². The standard InChI is InChI=1S/C13H17NO5/c1-3-5-8-19-12-7-6-10(13(15)18-4-2)9-11(12)14(16)17/h6-7,9H,3-5,8H2,1-2H3. The second-order valence-corrected chi connectivity index (χ2v) is 3.86. The molecule has 104 valence electrons. The van der Waals surface area contributed by atoms with Gasteiger partial charge in [-0.15, -0.1) is 0 Å². The van der Waals surface area contributed by atoms with E-state index in [-0.39, 0.29) is 23.6 Å². The first-order valence-corrected chi connectivity index (χ1v) is 6.18. The molecule has 0 aliphatic carbocycles. The lowest BCUT2D eigenvalue weighted by Crippen LogP contribution is -2.06. The molecule has 0 aliphatic rings. The van der Waals surface area contributed by atoms with E-state index in [0.29, 0.717) is 6.61 Å². The fourth-order valence-electron chi connectivity index (χ4n) is 1.45. The van der Waals surface area contributed by atoms with Crippen molar-refractivity contribution in [1.82, 2.24) is 0 Å². The second-order valence-electron chi connectivity index (χ2n) is 3.86. The molecule has 6 heteroatoms. The molecule has 19 heavy (non-hydrogen) atoms. The van der Waals surface area contributed by atoms with Crippen LogP contribution in [0, 0.1) is 10.1 Å². The molecule has 0 radical (unpaired) electrons. The van der Waals surface area contributed by atoms with Gasteiger partial charge in [-0.2, -0.15) is 0 Å². The Hall–Kier alpha value is -2.11. The monoisotopic (exact) mass is 267 g/mol. The summed E-state index contributed by atoms with van der Waals surface area (Å²) < 4.78 is 10.1. The number of nitro groups is 1. The molecule has 0 spiro atoms. The van der Waals surface area contributed by atoms with Crippen molar-refractivity contribution in [3.8, 4) is 5.75 Å². The first-order valence-electron chi connectivity index (χ1n) is 6.18. The van der Waals surface area contributed by atoms with Gasteiger partial charge < -0.3 is 9.47 Å². The molecule has 0 N–H and O–H groups in total. The highest BCUT2D eigenvalue weighted by atomic mass is 16.6. The third-order valence-electron chi connectivity index (χ3n) is 2.42. The van der Waals surface area contributed by atoms with Crippen molar-refractivity contribution >= 4 is 11.7 Å². The molecule has 0 bridgehead atoms. The minimum absolute atomic E-state index is 0.149. The van der Waals surface area contributed by atoms with E-state index in [1.54, 1.807) is 6.92 Å². The lowest BCUT2D eigenvalue weighted by Gasteiger charge is -2.07. The minimum Gasteiger partial charge on any atom is -0.487 e. The predicted molar refractivity (Wildman–Crippen MR) is 69.5 cm³/mol. The summed E-state index contributed by atoms with van der Waals surface area (Å²) in [7, 11) is 0. The Balaban J connectivity index is 2.94. The summed E-state index contributed by atoms with van der Waals surface area (Å²) in [6.07, 6.45) is 1.76. The normalized spacial score (nSPS) is 10.0. The number of nitro benzene ring substituents is 1. The molecule has 0 amide bonds. The Morgan fingerprint density at radius 1 is 1.37 bits per heavy atom. The lowest BCUT2D eigenvalue weighted by atomic mass is 10.2. The van der Waals surface area contributed by atoms with Crippen LogP contribution in [-0.2, 0) is 4.74 Å². The van der Waals surface area contributed by atoms with Gasteiger partial charge in [0.2, 0.25) is 0 Å². The Morgan fingerprint density at radius 3 is 2.68 bits per heavy atom. The van der Waals surface area contributed by atoms with Crippen LogP contribution in [0.25, 0.3) is 0 Å². The van der Waals surface area contributed by atoms with Crippen LogP contribution in [0.1, 0.15) is 37.0 Å². The molecule has 0 unspecified atom stereocenters. The summed E-state index contributed by atoms with van der Waals surface area (Å²) in [4.78, 5) is 21.9. The van der Waals surface area contributed by atoms with Gasteiger partial charge >= 0.3 is 11.7 Å². The summed E-state index contributed by atoms with van der Waals surface area (Å²) in [6, 6.07) is 4.07. The number of carbonyl (C=O) groups is 1. The average molecular weight is 267 g/mol. The first-order chi connectivity index (χ1) is 9.10. The summed E-state index contributed by atoms with van der Waals surface area (Å²) in [5.74, 6) is -0.405. The Morgan fingerprint density at radius 2 is 2.11 bits per heavy atom. The molecule has 6 nitrogen and oxygen atoms in total. The average Bonchev–Trinajstić information content (AvgIpc) is 2.39. The number of ether oxygens (including phenoxy) is 2. The molecule has 1 rings (SSSR count). The van der Waals surface area contributed by atoms with Gasteiger partial charge in [0.15, 0.2) is 5.75 Å². The number of nitrogens with zero attached hydrogens (tertiary/aromatic N) is 1. The van der Waals surface area contributed by atoms with Crippen molar-refractivity contribution in [2.45, 2.75) is 26.7 Å². The maximum atomic E-state index is 11.5. The fraction of sp³-hybridized carbons (Fsp3) is 0.462. The van der Waals surface area contributed by atoms with Gasteiger partial charge in [-0.05, 0) is 25.5 Å². The van der Waals surface area contributed by atoms with E-state index in [1.807, 2.05) is 6.92 Å². The molecule has 1 aromatic carbocycles. The number of hydrogen-bond donors (Lipinski definition) is 0. The summed E-state index contributed by atoms with van der Waals surface area (Å²) in [5, 5.41) is 11.0. The van der Waals surface area contributed by atoms with E-state index < -0.39 is 10.9 Å². The van der Waals surface area contributed by atoms with Crippen LogP contribution in [0.4, 0.5) is 5.69 Å². The first kappa shape index (κ1) is 14.9. The number of hydrogen-bond acceptors (Lipinski definition) is 5. The molecule has 0 aliphatic heterocycles. The second kappa shape index (κ2) is 7.35. The number of esters is 1. The lowest BCUT2D eigenvalue weighted by molar-refractivity contribution is -0.385. The van der Waals surface area contributed by atoms with Gasteiger partial charge in [0.25, 0.3) is 0 Å². The van der Waals surface area contributed by atoms with Crippen LogP contribution >= 0.6 is 0 Å². The summed E-state index contributed by atoms with van der Waals surface area (Å²) >= 11 is 0. The van der Waals surface area contributed by atoms with Crippen molar-refractivity contribution in [2.75, 3.05) is 13.2 Å². The molecule has 0 saturated carbocycles. The molecule has 0 heterocycles. The molecule has 0 fully saturated rings. The number of carbonyl (C=O) groups excluding carboxylic acids is 1. The number of rotatable bonds is 7. The molecule has 0 saturated heterocycles. The van der Waals surface area contributed by atoms with E-state index in [0.717, 1.165) is 12.8 Å². The highest BCUT2D eigenvalue weighted by molar-refractivity contribution is 5.90. The Bertz CT molecular complexity index is 458. The SMILES string of the molecule is CCCCOc1ccc(C(=O)OCC)cc1[N+](=O)[O-]. The van der Waals surface area contributed by atoms with E-state index in [9.17, 15) is 14.9 Å². The number of unbranched alkanes of at least 4 members (excludes halogenated alkanes) is 1. The van der Waals surface area contributed by atoms with Crippen LogP contribution in [0.15, 0.2) is 18.2 Å². The smallest absolute Gasteiger partial charge is 0.338 e. The van der Waals surface area contributed by atoms with Crippen molar-refractivity contribution in [3.63, 3.8) is 0 Å². The summed E-state index contributed by atoms with van der Waals surface area (Å²) in [6.45, 7) is 4.31. The molecular weight excluding hydrogens is 250 g/mol. The zero-order valence-corrected chi connectivity index (χ0v) is 11.0. The van der Waals surface area contributed by atoms with Crippen LogP contribution in [0.2, 0.25) is 0 Å². The van der Waals surface area contributed by atoms with E-state index in [1.165, 1.54) is 18.2 Å². The molecule has 1 aromatic rings. The van der Waals surface area contributed by atoms with Gasteiger partial charge in [0.1, 0.15) is 0 Å². The predicted octanol–water partition coefficient (Wildman–Crippen LogP) is 2.95. The van der Waals surface area contributed by atoms with Crippen LogP contribution in [-0.4, -0.2) is 24.1 Å². The molecular formula is C13H17NO5. The van der Waals surface area contributed by atoms with Crippen LogP contribution in [0.5, 0.6) is 5.75 Å². The van der Waals surface area contributed by atoms with Crippen LogP contribution < -0.4 is 4.74 Å². The maximum Gasteiger partial charge on any atom is 0.338 e. The Kier molecular flexibility index (Phi) is 5.78. The highest BCUT2D eigenvalue weighted by Crippen LogP contribution is 2.28. The van der Waals surface area contributed by atoms with Gasteiger partial charge in [0, 0.05) is 6.07 Å². The third-order valence-corrected chi connectivity index (χ3v) is 2.42. The quantitative estimate of drug-likeness (QED) is 0.328.